The molecule has 0 aromatic heterocycles. The van der Waals surface area contributed by atoms with E-state index in [-0.39, 0.29) is 11.9 Å². The molecule has 20 heavy (non-hydrogen) atoms. The van der Waals surface area contributed by atoms with Crippen LogP contribution in [0.4, 0.5) is 0 Å². The average Bonchev–Trinajstić information content (AvgIpc) is 3.28. The topological polar surface area (TPSA) is 58.4 Å². The van der Waals surface area contributed by atoms with Crippen molar-refractivity contribution >= 4 is 5.91 Å². The van der Waals surface area contributed by atoms with Crippen LogP contribution >= 0.6 is 0 Å². The first kappa shape index (κ1) is 15.0. The summed E-state index contributed by atoms with van der Waals surface area (Å²) in [6.45, 7) is 6.22. The van der Waals surface area contributed by atoms with Crippen molar-refractivity contribution in [2.45, 2.75) is 51.9 Å². The summed E-state index contributed by atoms with van der Waals surface area (Å²) in [5.74, 6) is 0.138. The predicted octanol–water partition coefficient (Wildman–Crippen LogP) is 1.63. The highest BCUT2D eigenvalue weighted by molar-refractivity contribution is 5.81. The van der Waals surface area contributed by atoms with Gasteiger partial charge < -0.3 is 11.1 Å². The van der Waals surface area contributed by atoms with Crippen molar-refractivity contribution in [3.63, 3.8) is 0 Å². The van der Waals surface area contributed by atoms with Gasteiger partial charge in [-0.2, -0.15) is 0 Å². The lowest BCUT2D eigenvalue weighted by molar-refractivity contribution is -0.126. The lowest BCUT2D eigenvalue weighted by Crippen LogP contribution is -2.45. The largest absolute Gasteiger partial charge is 0.352 e. The summed E-state index contributed by atoms with van der Waals surface area (Å²) < 4.78 is 0. The molecule has 1 aromatic carbocycles. The number of rotatable bonds is 7. The van der Waals surface area contributed by atoms with Gasteiger partial charge in [-0.1, -0.05) is 31.2 Å². The number of hydrogen-bond donors (Lipinski definition) is 2. The van der Waals surface area contributed by atoms with Crippen molar-refractivity contribution in [1.82, 2.24) is 10.2 Å². The Morgan fingerprint density at radius 1 is 1.40 bits per heavy atom. The van der Waals surface area contributed by atoms with Crippen LogP contribution < -0.4 is 11.1 Å². The van der Waals surface area contributed by atoms with Gasteiger partial charge >= 0.3 is 0 Å². The van der Waals surface area contributed by atoms with Crippen molar-refractivity contribution in [2.24, 2.45) is 5.73 Å². The molecule has 1 saturated carbocycles. The van der Waals surface area contributed by atoms with Crippen LogP contribution in [0.5, 0.6) is 0 Å². The van der Waals surface area contributed by atoms with Gasteiger partial charge in [-0.05, 0) is 37.4 Å². The summed E-state index contributed by atoms with van der Waals surface area (Å²) in [5, 5.41) is 3.08. The van der Waals surface area contributed by atoms with Crippen LogP contribution in [0.25, 0.3) is 0 Å². The number of amides is 1. The standard InChI is InChI=1S/C16H25N3O/c1-3-19(12(2)16(20)18-15-8-9-15)11-14-7-5-4-6-13(14)10-17/h4-7,12,15H,3,8-11,17H2,1-2H3,(H,18,20). The molecule has 110 valence electrons. The summed E-state index contributed by atoms with van der Waals surface area (Å²) in [5.41, 5.74) is 8.14. The van der Waals surface area contributed by atoms with Crippen LogP contribution in [-0.2, 0) is 17.9 Å². The zero-order valence-electron chi connectivity index (χ0n) is 12.4. The molecule has 1 aliphatic rings. The number of benzene rings is 1. The molecule has 3 N–H and O–H groups in total. The molecule has 1 aliphatic carbocycles. The fourth-order valence-electron chi connectivity index (χ4n) is 2.37. The van der Waals surface area contributed by atoms with Crippen LogP contribution in [0.2, 0.25) is 0 Å². The number of likely N-dealkylation sites (N-methyl/N-ethyl adjacent to an activating group) is 1. The summed E-state index contributed by atoms with van der Waals surface area (Å²) >= 11 is 0. The highest BCUT2D eigenvalue weighted by atomic mass is 16.2. The first-order chi connectivity index (χ1) is 9.65. The van der Waals surface area contributed by atoms with E-state index in [1.54, 1.807) is 0 Å². The van der Waals surface area contributed by atoms with Gasteiger partial charge in [0.2, 0.25) is 5.91 Å². The Kier molecular flexibility index (Phi) is 5.15. The molecular weight excluding hydrogens is 250 g/mol. The third-order valence-electron chi connectivity index (χ3n) is 3.97. The maximum atomic E-state index is 12.2. The Balaban J connectivity index is 2.01. The van der Waals surface area contributed by atoms with Crippen molar-refractivity contribution in [1.29, 1.82) is 0 Å². The first-order valence-corrected chi connectivity index (χ1v) is 7.47. The van der Waals surface area contributed by atoms with E-state index < -0.39 is 0 Å². The predicted molar refractivity (Wildman–Crippen MR) is 81.0 cm³/mol. The van der Waals surface area contributed by atoms with E-state index >= 15 is 0 Å². The molecule has 4 heteroatoms. The number of hydrogen-bond acceptors (Lipinski definition) is 3. The van der Waals surface area contributed by atoms with Crippen molar-refractivity contribution in [3.05, 3.63) is 35.4 Å². The number of nitrogens with zero attached hydrogens (tertiary/aromatic N) is 1. The minimum absolute atomic E-state index is 0.105. The quantitative estimate of drug-likeness (QED) is 0.795. The number of carbonyl (C=O) groups is 1. The van der Waals surface area contributed by atoms with Gasteiger partial charge in [0, 0.05) is 19.1 Å². The fourth-order valence-corrected chi connectivity index (χ4v) is 2.37. The molecule has 1 aromatic rings. The molecule has 1 amide bonds. The number of nitrogens with one attached hydrogen (secondary N) is 1. The van der Waals surface area contributed by atoms with Gasteiger partial charge in [0.1, 0.15) is 0 Å². The highest BCUT2D eigenvalue weighted by Gasteiger charge is 2.27. The highest BCUT2D eigenvalue weighted by Crippen LogP contribution is 2.19. The minimum atomic E-state index is -0.105. The Labute approximate surface area is 121 Å². The van der Waals surface area contributed by atoms with E-state index in [1.807, 2.05) is 19.1 Å². The maximum absolute atomic E-state index is 12.2. The summed E-state index contributed by atoms with van der Waals surface area (Å²) in [7, 11) is 0. The normalized spacial score (nSPS) is 16.2. The Hall–Kier alpha value is -1.39. The molecular formula is C16H25N3O. The molecule has 0 aliphatic heterocycles. The lowest BCUT2D eigenvalue weighted by atomic mass is 10.1. The second-order valence-electron chi connectivity index (χ2n) is 5.49. The van der Waals surface area contributed by atoms with E-state index in [9.17, 15) is 4.79 Å². The summed E-state index contributed by atoms with van der Waals surface area (Å²) in [6.07, 6.45) is 2.25. The van der Waals surface area contributed by atoms with Gasteiger partial charge in [0.15, 0.2) is 0 Å². The Bertz CT molecular complexity index is 457. The minimum Gasteiger partial charge on any atom is -0.352 e. The van der Waals surface area contributed by atoms with Crippen LogP contribution in [0.1, 0.15) is 37.8 Å². The van der Waals surface area contributed by atoms with Crippen molar-refractivity contribution < 1.29 is 4.79 Å². The van der Waals surface area contributed by atoms with E-state index in [4.69, 9.17) is 5.73 Å². The Morgan fingerprint density at radius 2 is 2.05 bits per heavy atom. The lowest BCUT2D eigenvalue weighted by Gasteiger charge is -2.27. The molecule has 0 heterocycles. The molecule has 0 bridgehead atoms. The monoisotopic (exact) mass is 275 g/mol. The second kappa shape index (κ2) is 6.86. The number of carbonyl (C=O) groups excluding carboxylic acids is 1. The zero-order chi connectivity index (χ0) is 14.5. The summed E-state index contributed by atoms with van der Waals surface area (Å²) in [6, 6.07) is 8.49. The van der Waals surface area contributed by atoms with Gasteiger partial charge in [-0.15, -0.1) is 0 Å². The third-order valence-corrected chi connectivity index (χ3v) is 3.97. The third kappa shape index (κ3) is 3.81. The van der Waals surface area contributed by atoms with Crippen LogP contribution in [0.15, 0.2) is 24.3 Å². The number of nitrogens with two attached hydrogens (primary N) is 1. The molecule has 1 atom stereocenters. The van der Waals surface area contributed by atoms with Crippen LogP contribution in [-0.4, -0.2) is 29.4 Å². The first-order valence-electron chi connectivity index (χ1n) is 7.47. The molecule has 0 spiro atoms. The SMILES string of the molecule is CCN(Cc1ccccc1CN)C(C)C(=O)NC1CC1. The van der Waals surface area contributed by atoms with E-state index in [2.05, 4.69) is 29.3 Å². The van der Waals surface area contributed by atoms with Crippen LogP contribution in [0, 0.1) is 0 Å². The Morgan fingerprint density at radius 3 is 2.60 bits per heavy atom. The van der Waals surface area contributed by atoms with Crippen molar-refractivity contribution in [2.75, 3.05) is 6.54 Å². The maximum Gasteiger partial charge on any atom is 0.237 e. The average molecular weight is 275 g/mol. The molecule has 0 saturated heterocycles. The van der Waals surface area contributed by atoms with Crippen molar-refractivity contribution in [3.8, 4) is 0 Å². The van der Waals surface area contributed by atoms with Gasteiger partial charge in [-0.25, -0.2) is 0 Å². The molecule has 0 radical (unpaired) electrons. The molecule has 1 unspecified atom stereocenters. The molecule has 2 rings (SSSR count). The second-order valence-corrected chi connectivity index (χ2v) is 5.49. The van der Waals surface area contributed by atoms with E-state index in [0.717, 1.165) is 31.5 Å². The smallest absolute Gasteiger partial charge is 0.237 e. The zero-order valence-corrected chi connectivity index (χ0v) is 12.4. The van der Waals surface area contributed by atoms with Gasteiger partial charge in [0.05, 0.1) is 6.04 Å². The van der Waals surface area contributed by atoms with Crippen LogP contribution in [0.3, 0.4) is 0 Å². The molecule has 4 nitrogen and oxygen atoms in total. The fraction of sp³-hybridized carbons (Fsp3) is 0.562. The van der Waals surface area contributed by atoms with Gasteiger partial charge in [0.25, 0.3) is 0 Å². The van der Waals surface area contributed by atoms with E-state index in [0.29, 0.717) is 12.6 Å². The van der Waals surface area contributed by atoms with E-state index in [1.165, 1.54) is 5.56 Å². The van der Waals surface area contributed by atoms with Gasteiger partial charge in [-0.3, -0.25) is 9.69 Å². The molecule has 1 fully saturated rings. The summed E-state index contributed by atoms with van der Waals surface area (Å²) in [4.78, 5) is 14.3.